The zero-order valence-electron chi connectivity index (χ0n) is 14.7. The highest BCUT2D eigenvalue weighted by Crippen LogP contribution is 2.21. The van der Waals surface area contributed by atoms with Crippen LogP contribution >= 0.6 is 0 Å². The number of ether oxygens (including phenoxy) is 3. The molecular formula is C16H34O6. The molecule has 0 heterocycles. The Labute approximate surface area is 134 Å². The lowest BCUT2D eigenvalue weighted by Crippen LogP contribution is -2.37. The summed E-state index contributed by atoms with van der Waals surface area (Å²) in [4.78, 5) is 0. The first-order chi connectivity index (χ1) is 10.2. The Kier molecular flexibility index (Phi) is 10.4. The second kappa shape index (κ2) is 10.5. The van der Waals surface area contributed by atoms with Crippen molar-refractivity contribution in [2.75, 3.05) is 33.0 Å². The monoisotopic (exact) mass is 322 g/mol. The molecule has 0 aromatic rings. The molecule has 0 aliphatic rings. The van der Waals surface area contributed by atoms with Gasteiger partial charge in [0.05, 0.1) is 43.7 Å². The molecule has 134 valence electrons. The van der Waals surface area contributed by atoms with Gasteiger partial charge in [-0.2, -0.15) is 0 Å². The van der Waals surface area contributed by atoms with Gasteiger partial charge in [-0.25, -0.2) is 0 Å². The first kappa shape index (κ1) is 21.8. The number of hydrogen-bond donors (Lipinski definition) is 3. The van der Waals surface area contributed by atoms with E-state index in [1.807, 2.05) is 34.6 Å². The topological polar surface area (TPSA) is 88.4 Å². The van der Waals surface area contributed by atoms with Gasteiger partial charge in [0.2, 0.25) is 0 Å². The lowest BCUT2D eigenvalue weighted by molar-refractivity contribution is -0.128. The summed E-state index contributed by atoms with van der Waals surface area (Å²) >= 11 is 0. The van der Waals surface area contributed by atoms with Crippen molar-refractivity contribution in [3.8, 4) is 0 Å². The first-order valence-electron chi connectivity index (χ1n) is 7.91. The van der Waals surface area contributed by atoms with Crippen LogP contribution in [0.25, 0.3) is 0 Å². The molecule has 0 saturated heterocycles. The second-order valence-electron chi connectivity index (χ2n) is 6.84. The van der Waals surface area contributed by atoms with Gasteiger partial charge in [0, 0.05) is 6.61 Å². The zero-order chi connectivity index (χ0) is 17.2. The molecule has 0 aliphatic carbocycles. The van der Waals surface area contributed by atoms with E-state index in [0.29, 0.717) is 19.6 Å². The van der Waals surface area contributed by atoms with E-state index in [4.69, 9.17) is 29.5 Å². The molecule has 0 bridgehead atoms. The summed E-state index contributed by atoms with van der Waals surface area (Å²) in [5, 5.41) is 27.0. The highest BCUT2D eigenvalue weighted by molar-refractivity contribution is 4.74. The smallest absolute Gasteiger partial charge is 0.104 e. The van der Waals surface area contributed by atoms with E-state index in [1.165, 1.54) is 0 Å². The molecule has 0 aliphatic heterocycles. The molecule has 0 amide bonds. The number of hydrogen-bond acceptors (Lipinski definition) is 6. The van der Waals surface area contributed by atoms with Crippen LogP contribution in [-0.4, -0.2) is 71.8 Å². The molecule has 0 aromatic carbocycles. The van der Waals surface area contributed by atoms with Gasteiger partial charge >= 0.3 is 0 Å². The summed E-state index contributed by atoms with van der Waals surface area (Å²) in [6.07, 6.45) is 0.670. The third kappa shape index (κ3) is 10.5. The predicted molar refractivity (Wildman–Crippen MR) is 84.9 cm³/mol. The molecule has 0 fully saturated rings. The Balaban J connectivity index is 4.04. The maximum absolute atomic E-state index is 9.06. The molecule has 3 N–H and O–H groups in total. The van der Waals surface area contributed by atoms with Gasteiger partial charge in [-0.1, -0.05) is 0 Å². The third-order valence-corrected chi connectivity index (χ3v) is 3.45. The van der Waals surface area contributed by atoms with Crippen LogP contribution in [0.2, 0.25) is 0 Å². The number of aliphatic hydroxyl groups is 3. The van der Waals surface area contributed by atoms with Gasteiger partial charge in [-0.05, 0) is 47.5 Å². The SMILES string of the molecule is CC(CO)OCCC(C)(C)OCCC(C)(C)OC(CO)CO. The summed E-state index contributed by atoms with van der Waals surface area (Å²) in [5.74, 6) is 0. The van der Waals surface area contributed by atoms with Gasteiger partial charge in [0.25, 0.3) is 0 Å². The largest absolute Gasteiger partial charge is 0.394 e. The van der Waals surface area contributed by atoms with Crippen LogP contribution in [0, 0.1) is 0 Å². The Hall–Kier alpha value is -0.240. The van der Waals surface area contributed by atoms with Crippen LogP contribution in [0.15, 0.2) is 0 Å². The number of aliphatic hydroxyl groups excluding tert-OH is 3. The van der Waals surface area contributed by atoms with Gasteiger partial charge in [-0.3, -0.25) is 0 Å². The third-order valence-electron chi connectivity index (χ3n) is 3.45. The van der Waals surface area contributed by atoms with E-state index in [0.717, 1.165) is 6.42 Å². The fraction of sp³-hybridized carbons (Fsp3) is 1.00. The van der Waals surface area contributed by atoms with Crippen molar-refractivity contribution in [1.29, 1.82) is 0 Å². The van der Waals surface area contributed by atoms with Crippen LogP contribution in [-0.2, 0) is 14.2 Å². The van der Waals surface area contributed by atoms with Crippen molar-refractivity contribution in [1.82, 2.24) is 0 Å². The summed E-state index contributed by atoms with van der Waals surface area (Å²) in [6, 6.07) is 0. The van der Waals surface area contributed by atoms with Crippen LogP contribution in [0.5, 0.6) is 0 Å². The molecular weight excluding hydrogens is 288 g/mol. The van der Waals surface area contributed by atoms with E-state index >= 15 is 0 Å². The average molecular weight is 322 g/mol. The quantitative estimate of drug-likeness (QED) is 0.471. The normalized spacial score (nSPS) is 14.6. The van der Waals surface area contributed by atoms with Crippen molar-refractivity contribution in [2.24, 2.45) is 0 Å². The maximum atomic E-state index is 9.06. The van der Waals surface area contributed by atoms with Crippen LogP contribution < -0.4 is 0 Å². The van der Waals surface area contributed by atoms with E-state index in [9.17, 15) is 0 Å². The zero-order valence-corrected chi connectivity index (χ0v) is 14.7. The van der Waals surface area contributed by atoms with Crippen LogP contribution in [0.1, 0.15) is 47.5 Å². The highest BCUT2D eigenvalue weighted by atomic mass is 16.5. The molecule has 1 unspecified atom stereocenters. The van der Waals surface area contributed by atoms with Gasteiger partial charge in [0.1, 0.15) is 6.10 Å². The van der Waals surface area contributed by atoms with Crippen LogP contribution in [0.4, 0.5) is 0 Å². The lowest BCUT2D eigenvalue weighted by Gasteiger charge is -2.32. The molecule has 6 nitrogen and oxygen atoms in total. The molecule has 0 radical (unpaired) electrons. The minimum atomic E-state index is -0.559. The van der Waals surface area contributed by atoms with Crippen molar-refractivity contribution in [2.45, 2.75) is 70.9 Å². The van der Waals surface area contributed by atoms with E-state index in [1.54, 1.807) is 0 Å². The second-order valence-corrected chi connectivity index (χ2v) is 6.84. The van der Waals surface area contributed by atoms with Crippen LogP contribution in [0.3, 0.4) is 0 Å². The summed E-state index contributed by atoms with van der Waals surface area (Å²) in [7, 11) is 0. The molecule has 22 heavy (non-hydrogen) atoms. The van der Waals surface area contributed by atoms with Gasteiger partial charge in [0.15, 0.2) is 0 Å². The predicted octanol–water partition coefficient (Wildman–Crippen LogP) is 1.11. The molecule has 0 spiro atoms. The highest BCUT2D eigenvalue weighted by Gasteiger charge is 2.25. The summed E-state index contributed by atoms with van der Waals surface area (Å²) in [5.41, 5.74) is -0.799. The van der Waals surface area contributed by atoms with E-state index < -0.39 is 11.7 Å². The van der Waals surface area contributed by atoms with Gasteiger partial charge in [-0.15, -0.1) is 0 Å². The van der Waals surface area contributed by atoms with Crippen molar-refractivity contribution >= 4 is 0 Å². The van der Waals surface area contributed by atoms with Crippen molar-refractivity contribution in [3.05, 3.63) is 0 Å². The van der Waals surface area contributed by atoms with Crippen molar-refractivity contribution < 1.29 is 29.5 Å². The minimum absolute atomic E-state index is 0.0176. The Bertz CT molecular complexity index is 276. The fourth-order valence-corrected chi connectivity index (χ4v) is 1.85. The standard InChI is InChI=1S/C16H34O6/c1-13(10-17)20-8-6-15(2,3)21-9-7-16(4,5)22-14(11-18)12-19/h13-14,17-19H,6-12H2,1-5H3. The van der Waals surface area contributed by atoms with E-state index in [2.05, 4.69) is 0 Å². The average Bonchev–Trinajstić information content (AvgIpc) is 2.43. The summed E-state index contributed by atoms with van der Waals surface area (Å²) < 4.78 is 17.0. The lowest BCUT2D eigenvalue weighted by atomic mass is 10.0. The number of rotatable bonds is 13. The fourth-order valence-electron chi connectivity index (χ4n) is 1.85. The molecule has 6 heteroatoms. The van der Waals surface area contributed by atoms with Gasteiger partial charge < -0.3 is 29.5 Å². The van der Waals surface area contributed by atoms with Crippen molar-refractivity contribution in [3.63, 3.8) is 0 Å². The van der Waals surface area contributed by atoms with E-state index in [-0.39, 0.29) is 31.5 Å². The molecule has 1 atom stereocenters. The molecule has 0 saturated carbocycles. The minimum Gasteiger partial charge on any atom is -0.394 e. The Morgan fingerprint density at radius 3 is 1.86 bits per heavy atom. The summed E-state index contributed by atoms with van der Waals surface area (Å²) in [6.45, 7) is 10.3. The Morgan fingerprint density at radius 2 is 1.36 bits per heavy atom. The molecule has 0 aromatic heterocycles. The molecule has 0 rings (SSSR count). The first-order valence-corrected chi connectivity index (χ1v) is 7.91. The maximum Gasteiger partial charge on any atom is 0.104 e. The Morgan fingerprint density at radius 1 is 0.818 bits per heavy atom.